The van der Waals surface area contributed by atoms with E-state index in [1.165, 1.54) is 5.56 Å². The topological polar surface area (TPSA) is 47.9 Å². The Morgan fingerprint density at radius 3 is 2.86 bits per heavy atom. The van der Waals surface area contributed by atoms with Crippen molar-refractivity contribution in [3.8, 4) is 6.07 Å². The van der Waals surface area contributed by atoms with Crippen molar-refractivity contribution in [3.05, 3.63) is 29.3 Å². The Hall–Kier alpha value is -1.53. The monoisotopic (exact) mass is 187 g/mol. The Bertz CT molecular complexity index is 375. The minimum Gasteiger partial charge on any atom is -0.379 e. The number of benzene rings is 1. The third-order valence-electron chi connectivity index (χ3n) is 2.44. The average Bonchev–Trinajstić information content (AvgIpc) is 2.12. The highest BCUT2D eigenvalue weighted by Crippen LogP contribution is 2.18. The zero-order valence-corrected chi connectivity index (χ0v) is 8.17. The second kappa shape index (κ2) is 3.69. The van der Waals surface area contributed by atoms with Crippen molar-refractivity contribution in [3.63, 3.8) is 0 Å². The van der Waals surface area contributed by atoms with Crippen LogP contribution < -0.4 is 10.6 Å². The molecule has 3 nitrogen and oxygen atoms in total. The molecule has 0 atom stereocenters. The first-order chi connectivity index (χ1) is 6.79. The van der Waals surface area contributed by atoms with Crippen molar-refractivity contribution in [2.75, 3.05) is 18.4 Å². The largest absolute Gasteiger partial charge is 0.379 e. The van der Waals surface area contributed by atoms with E-state index >= 15 is 0 Å². The van der Waals surface area contributed by atoms with E-state index in [2.05, 4.69) is 16.7 Å². The summed E-state index contributed by atoms with van der Waals surface area (Å²) in [5.74, 6) is 0. The Kier molecular flexibility index (Phi) is 2.38. The van der Waals surface area contributed by atoms with Crippen LogP contribution in [0.5, 0.6) is 0 Å². The molecule has 1 heterocycles. The SMILES string of the molecule is Cc1ccc(C#N)c(NC2CNC2)c1. The van der Waals surface area contributed by atoms with Crippen LogP contribution in [0.1, 0.15) is 11.1 Å². The van der Waals surface area contributed by atoms with Crippen LogP contribution in [0.15, 0.2) is 18.2 Å². The lowest BCUT2D eigenvalue weighted by Gasteiger charge is -2.29. The zero-order chi connectivity index (χ0) is 9.97. The molecule has 1 fully saturated rings. The Morgan fingerprint density at radius 1 is 1.50 bits per heavy atom. The first-order valence-corrected chi connectivity index (χ1v) is 4.77. The van der Waals surface area contributed by atoms with Crippen LogP contribution in [0.3, 0.4) is 0 Å². The highest BCUT2D eigenvalue weighted by molar-refractivity contribution is 5.59. The van der Waals surface area contributed by atoms with E-state index in [1.807, 2.05) is 25.1 Å². The van der Waals surface area contributed by atoms with Gasteiger partial charge in [-0.25, -0.2) is 0 Å². The molecule has 1 aromatic carbocycles. The van der Waals surface area contributed by atoms with Gasteiger partial charge < -0.3 is 10.6 Å². The summed E-state index contributed by atoms with van der Waals surface area (Å²) in [6.07, 6.45) is 0. The summed E-state index contributed by atoms with van der Waals surface area (Å²) < 4.78 is 0. The number of aryl methyl sites for hydroxylation is 1. The van der Waals surface area contributed by atoms with Crippen molar-refractivity contribution < 1.29 is 0 Å². The molecule has 2 N–H and O–H groups in total. The second-order valence-corrected chi connectivity index (χ2v) is 3.66. The van der Waals surface area contributed by atoms with Gasteiger partial charge in [-0.1, -0.05) is 6.07 Å². The molecule has 0 aliphatic carbocycles. The maximum absolute atomic E-state index is 8.91. The van der Waals surface area contributed by atoms with Gasteiger partial charge in [-0.05, 0) is 24.6 Å². The number of nitrogens with one attached hydrogen (secondary N) is 2. The van der Waals surface area contributed by atoms with E-state index in [1.54, 1.807) is 0 Å². The number of anilines is 1. The molecule has 2 rings (SSSR count). The summed E-state index contributed by atoms with van der Waals surface area (Å²) in [5, 5.41) is 15.4. The summed E-state index contributed by atoms with van der Waals surface area (Å²) in [6.45, 7) is 4.00. The zero-order valence-electron chi connectivity index (χ0n) is 8.17. The molecule has 1 aliphatic heterocycles. The fourth-order valence-electron chi connectivity index (χ4n) is 1.49. The maximum atomic E-state index is 8.91. The van der Waals surface area contributed by atoms with Crippen LogP contribution in [0.25, 0.3) is 0 Å². The van der Waals surface area contributed by atoms with E-state index in [9.17, 15) is 0 Å². The van der Waals surface area contributed by atoms with Crippen LogP contribution in [0.2, 0.25) is 0 Å². The lowest BCUT2D eigenvalue weighted by molar-refractivity contribution is 0.472. The van der Waals surface area contributed by atoms with Crippen LogP contribution in [-0.4, -0.2) is 19.1 Å². The lowest BCUT2D eigenvalue weighted by Crippen LogP contribution is -2.51. The Labute approximate surface area is 83.7 Å². The van der Waals surface area contributed by atoms with E-state index < -0.39 is 0 Å². The molecular formula is C11H13N3. The first-order valence-electron chi connectivity index (χ1n) is 4.77. The van der Waals surface area contributed by atoms with Gasteiger partial charge in [-0.3, -0.25) is 0 Å². The minimum atomic E-state index is 0.476. The third-order valence-corrected chi connectivity index (χ3v) is 2.44. The Morgan fingerprint density at radius 2 is 2.29 bits per heavy atom. The van der Waals surface area contributed by atoms with Crippen LogP contribution >= 0.6 is 0 Å². The summed E-state index contributed by atoms with van der Waals surface area (Å²) in [6, 6.07) is 8.52. The minimum absolute atomic E-state index is 0.476. The molecular weight excluding hydrogens is 174 g/mol. The molecule has 1 saturated heterocycles. The third kappa shape index (κ3) is 1.70. The normalized spacial score (nSPS) is 15.7. The molecule has 1 aliphatic rings. The quantitative estimate of drug-likeness (QED) is 0.732. The van der Waals surface area contributed by atoms with E-state index in [-0.39, 0.29) is 0 Å². The summed E-state index contributed by atoms with van der Waals surface area (Å²) in [7, 11) is 0. The number of hydrogen-bond acceptors (Lipinski definition) is 3. The highest BCUT2D eigenvalue weighted by Gasteiger charge is 2.17. The van der Waals surface area contributed by atoms with E-state index in [4.69, 9.17) is 5.26 Å². The fraction of sp³-hybridized carbons (Fsp3) is 0.364. The van der Waals surface area contributed by atoms with Crippen LogP contribution in [-0.2, 0) is 0 Å². The van der Waals surface area contributed by atoms with Crippen LogP contribution in [0, 0.1) is 18.3 Å². The van der Waals surface area contributed by atoms with Crippen molar-refractivity contribution in [1.29, 1.82) is 5.26 Å². The fourth-order valence-corrected chi connectivity index (χ4v) is 1.49. The molecule has 1 aromatic rings. The average molecular weight is 187 g/mol. The lowest BCUT2D eigenvalue weighted by atomic mass is 10.1. The maximum Gasteiger partial charge on any atom is 0.101 e. The van der Waals surface area contributed by atoms with Gasteiger partial charge in [0.15, 0.2) is 0 Å². The smallest absolute Gasteiger partial charge is 0.101 e. The summed E-state index contributed by atoms with van der Waals surface area (Å²) >= 11 is 0. The predicted octanol–water partition coefficient (Wildman–Crippen LogP) is 1.25. The van der Waals surface area contributed by atoms with Gasteiger partial charge in [-0.2, -0.15) is 5.26 Å². The van der Waals surface area contributed by atoms with Gasteiger partial charge in [0.1, 0.15) is 6.07 Å². The number of hydrogen-bond donors (Lipinski definition) is 2. The molecule has 0 aromatic heterocycles. The van der Waals surface area contributed by atoms with Crippen molar-refractivity contribution >= 4 is 5.69 Å². The van der Waals surface area contributed by atoms with Crippen molar-refractivity contribution in [2.24, 2.45) is 0 Å². The molecule has 0 amide bonds. The highest BCUT2D eigenvalue weighted by atomic mass is 15.1. The molecule has 0 bridgehead atoms. The van der Waals surface area contributed by atoms with Gasteiger partial charge in [0.2, 0.25) is 0 Å². The molecule has 3 heteroatoms. The van der Waals surface area contributed by atoms with Gasteiger partial charge in [0.05, 0.1) is 17.3 Å². The van der Waals surface area contributed by atoms with Gasteiger partial charge in [0, 0.05) is 13.1 Å². The van der Waals surface area contributed by atoms with Crippen LogP contribution in [0.4, 0.5) is 5.69 Å². The van der Waals surface area contributed by atoms with Crippen molar-refractivity contribution in [1.82, 2.24) is 5.32 Å². The number of rotatable bonds is 2. The van der Waals surface area contributed by atoms with Gasteiger partial charge >= 0.3 is 0 Å². The summed E-state index contributed by atoms with van der Waals surface area (Å²) in [5.41, 5.74) is 2.86. The molecule has 0 saturated carbocycles. The molecule has 0 unspecified atom stereocenters. The molecule has 0 radical (unpaired) electrons. The molecule has 14 heavy (non-hydrogen) atoms. The molecule has 0 spiro atoms. The second-order valence-electron chi connectivity index (χ2n) is 3.66. The number of nitrogens with zero attached hydrogens (tertiary/aromatic N) is 1. The van der Waals surface area contributed by atoms with Gasteiger partial charge in [0.25, 0.3) is 0 Å². The van der Waals surface area contributed by atoms with Gasteiger partial charge in [-0.15, -0.1) is 0 Å². The summed E-state index contributed by atoms with van der Waals surface area (Å²) in [4.78, 5) is 0. The molecule has 72 valence electrons. The standard InChI is InChI=1S/C11H13N3/c1-8-2-3-9(5-12)11(4-8)14-10-6-13-7-10/h2-4,10,13-14H,6-7H2,1H3. The predicted molar refractivity (Wildman–Crippen MR) is 56.2 cm³/mol. The van der Waals surface area contributed by atoms with E-state index in [0.29, 0.717) is 6.04 Å². The van der Waals surface area contributed by atoms with Crippen molar-refractivity contribution in [2.45, 2.75) is 13.0 Å². The van der Waals surface area contributed by atoms with E-state index in [0.717, 1.165) is 24.3 Å². The number of nitriles is 1. The Balaban J connectivity index is 2.21. The first kappa shape index (κ1) is 9.04.